The molecule has 29 heavy (non-hydrogen) atoms. The van der Waals surface area contributed by atoms with Crippen molar-refractivity contribution in [2.45, 2.75) is 38.6 Å². The number of phenolic OH excluding ortho intramolecular Hbond substituents is 1. The van der Waals surface area contributed by atoms with Gasteiger partial charge in [0.25, 0.3) is 0 Å². The van der Waals surface area contributed by atoms with E-state index in [9.17, 15) is 5.11 Å². The molecule has 1 saturated heterocycles. The van der Waals surface area contributed by atoms with E-state index in [2.05, 4.69) is 16.5 Å². The molecule has 2 heterocycles. The molecule has 2 aromatic carbocycles. The van der Waals surface area contributed by atoms with Crippen molar-refractivity contribution >= 4 is 11.1 Å². The number of aromatic nitrogens is 1. The van der Waals surface area contributed by atoms with Crippen molar-refractivity contribution < 1.29 is 14.3 Å². The van der Waals surface area contributed by atoms with Gasteiger partial charge in [0.2, 0.25) is 0 Å². The first kappa shape index (κ1) is 19.5. The fourth-order valence-electron chi connectivity index (χ4n) is 4.05. The lowest BCUT2D eigenvalue weighted by molar-refractivity contribution is 0.192. The molecule has 0 spiro atoms. The average molecular weight is 392 g/mol. The first-order chi connectivity index (χ1) is 14.2. The highest BCUT2D eigenvalue weighted by Crippen LogP contribution is 2.33. The molecule has 1 aromatic heterocycles. The molecule has 5 nitrogen and oxygen atoms in total. The number of phenols is 1. The van der Waals surface area contributed by atoms with E-state index in [0.717, 1.165) is 59.8 Å². The summed E-state index contributed by atoms with van der Waals surface area (Å²) in [5.74, 6) is 2.35. The summed E-state index contributed by atoms with van der Waals surface area (Å²) in [7, 11) is 0. The summed E-state index contributed by atoms with van der Waals surface area (Å²) in [6.07, 6.45) is 4.43. The number of allylic oxidation sites excluding steroid dienone is 1. The highest BCUT2D eigenvalue weighted by molar-refractivity contribution is 5.72. The van der Waals surface area contributed by atoms with Gasteiger partial charge in [-0.05, 0) is 63.5 Å². The van der Waals surface area contributed by atoms with Gasteiger partial charge in [-0.2, -0.15) is 0 Å². The summed E-state index contributed by atoms with van der Waals surface area (Å²) >= 11 is 0. The lowest BCUT2D eigenvalue weighted by Crippen LogP contribution is -2.32. The molecule has 0 bridgehead atoms. The maximum absolute atomic E-state index is 10.7. The Morgan fingerprint density at radius 3 is 2.72 bits per heavy atom. The van der Waals surface area contributed by atoms with Gasteiger partial charge >= 0.3 is 0 Å². The maximum atomic E-state index is 10.7. The van der Waals surface area contributed by atoms with Crippen LogP contribution in [-0.2, 0) is 13.0 Å². The Hall–Kier alpha value is -2.79. The standard InChI is InChI=1S/C24H28N2O3/c1-3-7-18-14-20(28-4-2)15-19(23(18)27)16-26-12-10-17(11-13-26)24-25-21-8-5-6-9-22(21)29-24/h3,5-6,8-9,14-15,17,27H,1,4,7,10-13,16H2,2H3. The second kappa shape index (κ2) is 8.70. The second-order valence-electron chi connectivity index (χ2n) is 7.59. The highest BCUT2D eigenvalue weighted by Gasteiger charge is 2.25. The monoisotopic (exact) mass is 392 g/mol. The largest absolute Gasteiger partial charge is 0.507 e. The number of likely N-dealkylation sites (tertiary alicyclic amines) is 1. The van der Waals surface area contributed by atoms with Gasteiger partial charge in [-0.1, -0.05) is 18.2 Å². The van der Waals surface area contributed by atoms with E-state index < -0.39 is 0 Å². The number of para-hydroxylation sites is 2. The lowest BCUT2D eigenvalue weighted by atomic mass is 9.96. The Balaban J connectivity index is 1.44. The first-order valence-corrected chi connectivity index (χ1v) is 10.3. The molecule has 4 rings (SSSR count). The number of hydrogen-bond acceptors (Lipinski definition) is 5. The highest BCUT2D eigenvalue weighted by atomic mass is 16.5. The molecule has 152 valence electrons. The van der Waals surface area contributed by atoms with Gasteiger partial charge in [0.05, 0.1) is 6.61 Å². The molecule has 0 unspecified atom stereocenters. The van der Waals surface area contributed by atoms with Crippen LogP contribution in [0.4, 0.5) is 0 Å². The summed E-state index contributed by atoms with van der Waals surface area (Å²) in [4.78, 5) is 7.05. The number of fused-ring (bicyclic) bond motifs is 1. The molecule has 1 fully saturated rings. The summed E-state index contributed by atoms with van der Waals surface area (Å²) in [5.41, 5.74) is 3.56. The molecule has 1 N–H and O–H groups in total. The van der Waals surface area contributed by atoms with Crippen molar-refractivity contribution in [3.63, 3.8) is 0 Å². The zero-order valence-electron chi connectivity index (χ0n) is 16.9. The van der Waals surface area contributed by atoms with E-state index in [-0.39, 0.29) is 0 Å². The van der Waals surface area contributed by atoms with Crippen LogP contribution in [0.1, 0.15) is 42.7 Å². The van der Waals surface area contributed by atoms with Crippen LogP contribution in [0, 0.1) is 0 Å². The van der Waals surface area contributed by atoms with E-state index in [1.54, 1.807) is 6.08 Å². The number of nitrogens with zero attached hydrogens (tertiary/aromatic N) is 2. The zero-order valence-corrected chi connectivity index (χ0v) is 16.9. The van der Waals surface area contributed by atoms with Crippen LogP contribution in [-0.4, -0.2) is 34.7 Å². The number of rotatable bonds is 7. The van der Waals surface area contributed by atoms with Crippen LogP contribution in [0.25, 0.3) is 11.1 Å². The smallest absolute Gasteiger partial charge is 0.198 e. The SMILES string of the molecule is C=CCc1cc(OCC)cc(CN2CCC(c3nc4ccccc4o3)CC2)c1O. The predicted molar refractivity (Wildman–Crippen MR) is 114 cm³/mol. The van der Waals surface area contributed by atoms with Gasteiger partial charge in [0, 0.05) is 23.6 Å². The van der Waals surface area contributed by atoms with Gasteiger partial charge in [0.15, 0.2) is 11.5 Å². The molecule has 0 amide bonds. The number of piperidine rings is 1. The first-order valence-electron chi connectivity index (χ1n) is 10.3. The van der Waals surface area contributed by atoms with Gasteiger partial charge in [-0.25, -0.2) is 4.98 Å². The van der Waals surface area contributed by atoms with E-state index in [1.807, 2.05) is 43.3 Å². The second-order valence-corrected chi connectivity index (χ2v) is 7.59. The molecule has 1 aliphatic heterocycles. The molecule has 1 aliphatic rings. The number of benzene rings is 2. The van der Waals surface area contributed by atoms with Crippen LogP contribution in [0.5, 0.6) is 11.5 Å². The van der Waals surface area contributed by atoms with E-state index in [4.69, 9.17) is 9.15 Å². The molecule has 0 radical (unpaired) electrons. The molecule has 0 aliphatic carbocycles. The van der Waals surface area contributed by atoms with Crippen molar-refractivity contribution in [3.8, 4) is 11.5 Å². The predicted octanol–water partition coefficient (Wildman–Crippen LogP) is 5.04. The summed E-state index contributed by atoms with van der Waals surface area (Å²) in [5, 5.41) is 10.7. The molecular formula is C24H28N2O3. The quantitative estimate of drug-likeness (QED) is 0.571. The third kappa shape index (κ3) is 4.30. The normalized spacial score (nSPS) is 15.6. The maximum Gasteiger partial charge on any atom is 0.198 e. The minimum absolute atomic E-state index is 0.346. The van der Waals surface area contributed by atoms with E-state index in [1.165, 1.54) is 0 Å². The Kier molecular flexibility index (Phi) is 5.86. The van der Waals surface area contributed by atoms with Crippen LogP contribution in [0.2, 0.25) is 0 Å². The number of aromatic hydroxyl groups is 1. The average Bonchev–Trinajstić information content (AvgIpc) is 3.16. The van der Waals surface area contributed by atoms with Crippen LogP contribution in [0.3, 0.4) is 0 Å². The number of ether oxygens (including phenoxy) is 1. The molecule has 0 saturated carbocycles. The van der Waals surface area contributed by atoms with Crippen molar-refractivity contribution in [3.05, 3.63) is 66.1 Å². The molecule has 0 atom stereocenters. The zero-order chi connectivity index (χ0) is 20.2. The van der Waals surface area contributed by atoms with E-state index in [0.29, 0.717) is 31.2 Å². The van der Waals surface area contributed by atoms with Crippen molar-refractivity contribution in [1.82, 2.24) is 9.88 Å². The van der Waals surface area contributed by atoms with Gasteiger partial charge < -0.3 is 14.3 Å². The summed E-state index contributed by atoms with van der Waals surface area (Å²) < 4.78 is 11.7. The van der Waals surface area contributed by atoms with E-state index >= 15 is 0 Å². The summed E-state index contributed by atoms with van der Waals surface area (Å²) in [6.45, 7) is 8.96. The van der Waals surface area contributed by atoms with Crippen molar-refractivity contribution in [2.24, 2.45) is 0 Å². The lowest BCUT2D eigenvalue weighted by Gasteiger charge is -2.31. The number of oxazole rings is 1. The topological polar surface area (TPSA) is 58.7 Å². The summed E-state index contributed by atoms with van der Waals surface area (Å²) in [6, 6.07) is 11.8. The third-order valence-corrected chi connectivity index (χ3v) is 5.56. The molecule has 5 heteroatoms. The van der Waals surface area contributed by atoms with Crippen LogP contribution in [0.15, 0.2) is 53.5 Å². The Bertz CT molecular complexity index is 954. The molecular weight excluding hydrogens is 364 g/mol. The minimum Gasteiger partial charge on any atom is -0.507 e. The number of hydrogen-bond donors (Lipinski definition) is 1. The Labute approximate surface area is 171 Å². The van der Waals surface area contributed by atoms with Crippen LogP contribution < -0.4 is 4.74 Å². The third-order valence-electron chi connectivity index (χ3n) is 5.56. The van der Waals surface area contributed by atoms with Crippen molar-refractivity contribution in [1.29, 1.82) is 0 Å². The van der Waals surface area contributed by atoms with Crippen LogP contribution >= 0.6 is 0 Å². The van der Waals surface area contributed by atoms with Crippen molar-refractivity contribution in [2.75, 3.05) is 19.7 Å². The van der Waals surface area contributed by atoms with Gasteiger partial charge in [-0.15, -0.1) is 6.58 Å². The Morgan fingerprint density at radius 1 is 1.24 bits per heavy atom. The fourth-order valence-corrected chi connectivity index (χ4v) is 4.05. The van der Waals surface area contributed by atoms with Gasteiger partial charge in [-0.3, -0.25) is 4.90 Å². The fraction of sp³-hybridized carbons (Fsp3) is 0.375. The van der Waals surface area contributed by atoms with Gasteiger partial charge in [0.1, 0.15) is 17.0 Å². The minimum atomic E-state index is 0.346. The Morgan fingerprint density at radius 2 is 2.00 bits per heavy atom. The molecule has 3 aromatic rings.